The molecule has 0 atom stereocenters. The summed E-state index contributed by atoms with van der Waals surface area (Å²) in [6, 6.07) is 7.93. The molecule has 0 aliphatic rings. The van der Waals surface area contributed by atoms with Gasteiger partial charge in [0.05, 0.1) is 20.3 Å². The van der Waals surface area contributed by atoms with Gasteiger partial charge < -0.3 is 9.84 Å². The van der Waals surface area contributed by atoms with Crippen molar-refractivity contribution in [3.05, 3.63) is 53.3 Å². The molecule has 0 radical (unpaired) electrons. The molecule has 0 unspecified atom stereocenters. The van der Waals surface area contributed by atoms with Crippen molar-refractivity contribution in [3.63, 3.8) is 0 Å². The van der Waals surface area contributed by atoms with E-state index in [1.54, 1.807) is 6.20 Å². The summed E-state index contributed by atoms with van der Waals surface area (Å²) in [5.41, 5.74) is 3.08. The Morgan fingerprint density at radius 3 is 2.90 bits per heavy atom. The Balaban J connectivity index is 2.00. The Bertz CT molecular complexity index is 579. The number of nitrogens with zero attached hydrogens (tertiary/aromatic N) is 2. The third kappa shape index (κ3) is 4.43. The number of esters is 1. The Hall–Kier alpha value is -2.14. The molecule has 0 fully saturated rings. The molecule has 2 rings (SSSR count). The highest BCUT2D eigenvalue weighted by molar-refractivity contribution is 5.69. The number of ether oxygens (including phenoxy) is 1. The molecule has 0 aliphatic carbocycles. The quantitative estimate of drug-likeness (QED) is 0.791. The highest BCUT2D eigenvalue weighted by Gasteiger charge is 2.06. The number of carbonyl (C=O) groups excluding carboxylic acids is 1. The van der Waals surface area contributed by atoms with E-state index in [1.807, 2.05) is 35.1 Å². The summed E-state index contributed by atoms with van der Waals surface area (Å²) in [7, 11) is 1.39. The zero-order chi connectivity index (χ0) is 15.1. The maximum absolute atomic E-state index is 11.1. The summed E-state index contributed by atoms with van der Waals surface area (Å²) < 4.78 is 6.47. The minimum atomic E-state index is -0.198. The van der Waals surface area contributed by atoms with Crippen LogP contribution in [0.4, 0.5) is 0 Å². The standard InChI is InChI=1S/C16H20N2O3/c1-21-16(20)5-2-4-14-7-6-13(10-15(14)12-19)11-18-9-3-8-17-18/h3,6-10,19H,2,4-5,11-12H2,1H3. The Kier molecular flexibility index (Phi) is 5.51. The second-order valence-corrected chi connectivity index (χ2v) is 4.89. The molecule has 0 amide bonds. The van der Waals surface area contributed by atoms with Crippen LogP contribution in [-0.4, -0.2) is 28.0 Å². The maximum Gasteiger partial charge on any atom is 0.305 e. The molecular weight excluding hydrogens is 268 g/mol. The van der Waals surface area contributed by atoms with E-state index in [2.05, 4.69) is 9.84 Å². The van der Waals surface area contributed by atoms with E-state index >= 15 is 0 Å². The molecule has 1 heterocycles. The normalized spacial score (nSPS) is 10.6. The van der Waals surface area contributed by atoms with Gasteiger partial charge in [0.25, 0.3) is 0 Å². The first-order valence-electron chi connectivity index (χ1n) is 6.98. The average molecular weight is 288 g/mol. The molecule has 5 nitrogen and oxygen atoms in total. The second kappa shape index (κ2) is 7.59. The summed E-state index contributed by atoms with van der Waals surface area (Å²) in [6.45, 7) is 0.683. The molecule has 0 spiro atoms. The van der Waals surface area contributed by atoms with Crippen molar-refractivity contribution in [2.24, 2.45) is 0 Å². The van der Waals surface area contributed by atoms with Crippen LogP contribution in [-0.2, 0) is 29.1 Å². The van der Waals surface area contributed by atoms with Gasteiger partial charge in [0.2, 0.25) is 0 Å². The van der Waals surface area contributed by atoms with Crippen LogP contribution in [0.3, 0.4) is 0 Å². The molecule has 112 valence electrons. The van der Waals surface area contributed by atoms with Gasteiger partial charge >= 0.3 is 5.97 Å². The van der Waals surface area contributed by atoms with E-state index in [0.29, 0.717) is 13.0 Å². The Morgan fingerprint density at radius 2 is 2.24 bits per heavy atom. The first-order valence-corrected chi connectivity index (χ1v) is 6.98. The van der Waals surface area contributed by atoms with E-state index in [4.69, 9.17) is 0 Å². The number of rotatable bonds is 7. The van der Waals surface area contributed by atoms with Gasteiger partial charge in [-0.3, -0.25) is 9.48 Å². The SMILES string of the molecule is COC(=O)CCCc1ccc(Cn2cccn2)cc1CO. The number of hydrogen-bond donors (Lipinski definition) is 1. The minimum Gasteiger partial charge on any atom is -0.469 e. The average Bonchev–Trinajstić information content (AvgIpc) is 3.01. The number of aliphatic hydroxyl groups excluding tert-OH is 1. The van der Waals surface area contributed by atoms with Crippen molar-refractivity contribution in [1.82, 2.24) is 9.78 Å². The first-order chi connectivity index (χ1) is 10.2. The second-order valence-electron chi connectivity index (χ2n) is 4.89. The molecular formula is C16H20N2O3. The number of aliphatic hydroxyl groups is 1. The zero-order valence-corrected chi connectivity index (χ0v) is 12.2. The number of hydrogen-bond acceptors (Lipinski definition) is 4. The summed E-state index contributed by atoms with van der Waals surface area (Å²) in [5.74, 6) is -0.198. The molecule has 2 aromatic rings. The molecule has 0 saturated carbocycles. The van der Waals surface area contributed by atoms with E-state index in [0.717, 1.165) is 29.5 Å². The first kappa shape index (κ1) is 15.3. The van der Waals surface area contributed by atoms with E-state index in [1.165, 1.54) is 7.11 Å². The molecule has 1 N–H and O–H groups in total. The minimum absolute atomic E-state index is 0.000501. The molecule has 5 heteroatoms. The van der Waals surface area contributed by atoms with Crippen molar-refractivity contribution in [1.29, 1.82) is 0 Å². The predicted molar refractivity (Wildman–Crippen MR) is 78.6 cm³/mol. The highest BCUT2D eigenvalue weighted by atomic mass is 16.5. The monoisotopic (exact) mass is 288 g/mol. The number of benzene rings is 1. The summed E-state index contributed by atoms with van der Waals surface area (Å²) in [5, 5.41) is 13.7. The largest absolute Gasteiger partial charge is 0.469 e. The molecule has 0 aliphatic heterocycles. The lowest BCUT2D eigenvalue weighted by Crippen LogP contribution is -2.04. The van der Waals surface area contributed by atoms with Gasteiger partial charge in [-0.15, -0.1) is 0 Å². The lowest BCUT2D eigenvalue weighted by Gasteiger charge is -2.10. The zero-order valence-electron chi connectivity index (χ0n) is 12.2. The van der Waals surface area contributed by atoms with Gasteiger partial charge in [0.1, 0.15) is 0 Å². The third-order valence-corrected chi connectivity index (χ3v) is 3.40. The van der Waals surface area contributed by atoms with Crippen molar-refractivity contribution in [3.8, 4) is 0 Å². The molecule has 0 bridgehead atoms. The lowest BCUT2D eigenvalue weighted by molar-refractivity contribution is -0.140. The fourth-order valence-electron chi connectivity index (χ4n) is 2.27. The van der Waals surface area contributed by atoms with Gasteiger partial charge in [0, 0.05) is 18.8 Å². The summed E-state index contributed by atoms with van der Waals surface area (Å²) in [6.07, 6.45) is 5.53. The summed E-state index contributed by atoms with van der Waals surface area (Å²) in [4.78, 5) is 11.1. The fraction of sp³-hybridized carbons (Fsp3) is 0.375. The molecule has 0 saturated heterocycles. The van der Waals surface area contributed by atoms with E-state index in [-0.39, 0.29) is 12.6 Å². The van der Waals surface area contributed by atoms with Crippen molar-refractivity contribution in [2.45, 2.75) is 32.4 Å². The van der Waals surface area contributed by atoms with Crippen LogP contribution in [0.2, 0.25) is 0 Å². The van der Waals surface area contributed by atoms with Crippen molar-refractivity contribution in [2.75, 3.05) is 7.11 Å². The van der Waals surface area contributed by atoms with Crippen LogP contribution in [0.15, 0.2) is 36.7 Å². The number of methoxy groups -OCH3 is 1. The number of aryl methyl sites for hydroxylation is 1. The van der Waals surface area contributed by atoms with Crippen molar-refractivity contribution < 1.29 is 14.6 Å². The smallest absolute Gasteiger partial charge is 0.305 e. The maximum atomic E-state index is 11.1. The van der Waals surface area contributed by atoms with Crippen LogP contribution in [0.5, 0.6) is 0 Å². The Morgan fingerprint density at radius 1 is 1.38 bits per heavy atom. The number of carbonyl (C=O) groups is 1. The predicted octanol–water partition coefficient (Wildman–Crippen LogP) is 1.92. The van der Waals surface area contributed by atoms with Gasteiger partial charge in [-0.2, -0.15) is 5.10 Å². The van der Waals surface area contributed by atoms with Crippen LogP contribution >= 0.6 is 0 Å². The van der Waals surface area contributed by atoms with Gasteiger partial charge in [-0.25, -0.2) is 0 Å². The van der Waals surface area contributed by atoms with E-state index < -0.39 is 0 Å². The van der Waals surface area contributed by atoms with E-state index in [9.17, 15) is 9.90 Å². The van der Waals surface area contributed by atoms with Gasteiger partial charge in [0.15, 0.2) is 0 Å². The highest BCUT2D eigenvalue weighted by Crippen LogP contribution is 2.16. The van der Waals surface area contributed by atoms with Crippen LogP contribution < -0.4 is 0 Å². The topological polar surface area (TPSA) is 64.4 Å². The third-order valence-electron chi connectivity index (χ3n) is 3.40. The molecule has 1 aromatic carbocycles. The van der Waals surface area contributed by atoms with Crippen LogP contribution in [0, 0.1) is 0 Å². The lowest BCUT2D eigenvalue weighted by atomic mass is 9.99. The van der Waals surface area contributed by atoms with Crippen LogP contribution in [0.1, 0.15) is 29.5 Å². The molecule has 21 heavy (non-hydrogen) atoms. The molecule has 1 aromatic heterocycles. The number of aromatic nitrogens is 2. The van der Waals surface area contributed by atoms with Gasteiger partial charge in [-0.05, 0) is 35.6 Å². The van der Waals surface area contributed by atoms with Crippen molar-refractivity contribution >= 4 is 5.97 Å². The Labute approximate surface area is 124 Å². The summed E-state index contributed by atoms with van der Waals surface area (Å²) >= 11 is 0. The van der Waals surface area contributed by atoms with Gasteiger partial charge in [-0.1, -0.05) is 18.2 Å². The fourth-order valence-corrected chi connectivity index (χ4v) is 2.27. The van der Waals surface area contributed by atoms with Crippen LogP contribution in [0.25, 0.3) is 0 Å².